The first kappa shape index (κ1) is 15.0. The van der Waals surface area contributed by atoms with Crippen molar-refractivity contribution in [1.29, 1.82) is 0 Å². The first-order valence-electron chi connectivity index (χ1n) is 8.41. The summed E-state index contributed by atoms with van der Waals surface area (Å²) < 4.78 is 11.4. The lowest BCUT2D eigenvalue weighted by molar-refractivity contribution is 0.0710. The standard InChI is InChI=1S/C18H24N2O3/c21-14(10-20-8-5-18(12-20)6-9-22-13-18)11-23-17-3-1-2-16-15(17)4-7-19-16/h1-4,7,14,19,21H,5-6,8-13H2/t14-,18-/m0/s1. The zero-order valence-corrected chi connectivity index (χ0v) is 13.3. The number of H-pyrrole nitrogens is 1. The Hall–Kier alpha value is -1.56. The fourth-order valence-electron chi connectivity index (χ4n) is 3.87. The minimum absolute atomic E-state index is 0.324. The van der Waals surface area contributed by atoms with E-state index < -0.39 is 6.10 Å². The predicted molar refractivity (Wildman–Crippen MR) is 88.7 cm³/mol. The van der Waals surface area contributed by atoms with Gasteiger partial charge in [0.25, 0.3) is 0 Å². The lowest BCUT2D eigenvalue weighted by Crippen LogP contribution is -2.36. The Balaban J connectivity index is 1.30. The SMILES string of the molecule is O[C@H](COc1cccc2[nH]ccc12)CN1CC[C@]2(CCOC2)C1. The largest absolute Gasteiger partial charge is 0.490 e. The third kappa shape index (κ3) is 3.09. The Morgan fingerprint density at radius 2 is 2.30 bits per heavy atom. The van der Waals surface area contributed by atoms with E-state index in [-0.39, 0.29) is 0 Å². The van der Waals surface area contributed by atoms with Crippen LogP contribution in [0.3, 0.4) is 0 Å². The number of nitrogens with one attached hydrogen (secondary N) is 1. The number of rotatable bonds is 5. The molecule has 2 N–H and O–H groups in total. The van der Waals surface area contributed by atoms with E-state index >= 15 is 0 Å². The van der Waals surface area contributed by atoms with E-state index in [2.05, 4.69) is 9.88 Å². The van der Waals surface area contributed by atoms with Gasteiger partial charge in [0.1, 0.15) is 18.5 Å². The molecule has 2 aliphatic heterocycles. The van der Waals surface area contributed by atoms with E-state index in [0.717, 1.165) is 49.4 Å². The van der Waals surface area contributed by atoms with Gasteiger partial charge in [-0.1, -0.05) is 6.07 Å². The maximum atomic E-state index is 10.3. The van der Waals surface area contributed by atoms with Gasteiger partial charge in [-0.25, -0.2) is 0 Å². The number of aromatic amines is 1. The summed E-state index contributed by atoms with van der Waals surface area (Å²) in [7, 11) is 0. The second kappa shape index (κ2) is 6.15. The fourth-order valence-corrected chi connectivity index (χ4v) is 3.87. The molecule has 124 valence electrons. The first-order valence-corrected chi connectivity index (χ1v) is 8.41. The molecule has 23 heavy (non-hydrogen) atoms. The number of aromatic nitrogens is 1. The smallest absolute Gasteiger partial charge is 0.128 e. The van der Waals surface area contributed by atoms with Crippen molar-refractivity contribution < 1.29 is 14.6 Å². The van der Waals surface area contributed by atoms with Gasteiger partial charge in [-0.05, 0) is 37.6 Å². The van der Waals surface area contributed by atoms with Crippen molar-refractivity contribution in [2.45, 2.75) is 18.9 Å². The molecule has 1 spiro atoms. The van der Waals surface area contributed by atoms with Gasteiger partial charge in [0.15, 0.2) is 0 Å². The maximum absolute atomic E-state index is 10.3. The van der Waals surface area contributed by atoms with Gasteiger partial charge in [0, 0.05) is 42.2 Å². The topological polar surface area (TPSA) is 57.7 Å². The molecular formula is C18H24N2O3. The van der Waals surface area contributed by atoms with Crippen molar-refractivity contribution in [2.24, 2.45) is 5.41 Å². The Morgan fingerprint density at radius 3 is 3.17 bits per heavy atom. The number of hydrogen-bond donors (Lipinski definition) is 2. The molecule has 1 aromatic heterocycles. The number of β-amino-alcohol motifs (C(OH)–C–C–N with tert-alkyl or cyclic N) is 1. The minimum atomic E-state index is -0.471. The van der Waals surface area contributed by atoms with Crippen LogP contribution in [0.1, 0.15) is 12.8 Å². The highest BCUT2D eigenvalue weighted by Gasteiger charge is 2.41. The summed E-state index contributed by atoms with van der Waals surface area (Å²) in [6, 6.07) is 7.93. The van der Waals surface area contributed by atoms with Crippen molar-refractivity contribution in [3.63, 3.8) is 0 Å². The highest BCUT2D eigenvalue weighted by Crippen LogP contribution is 2.38. The molecule has 2 aliphatic rings. The molecule has 5 nitrogen and oxygen atoms in total. The monoisotopic (exact) mass is 316 g/mol. The fraction of sp³-hybridized carbons (Fsp3) is 0.556. The van der Waals surface area contributed by atoms with Crippen molar-refractivity contribution in [3.05, 3.63) is 30.5 Å². The lowest BCUT2D eigenvalue weighted by atomic mass is 9.87. The molecule has 0 unspecified atom stereocenters. The summed E-state index contributed by atoms with van der Waals surface area (Å²) in [5.74, 6) is 0.824. The average Bonchev–Trinajstić information content (AvgIpc) is 3.28. The van der Waals surface area contributed by atoms with Crippen LogP contribution in [0.5, 0.6) is 5.75 Å². The molecule has 0 aliphatic carbocycles. The van der Waals surface area contributed by atoms with Gasteiger partial charge in [-0.3, -0.25) is 4.90 Å². The molecular weight excluding hydrogens is 292 g/mol. The van der Waals surface area contributed by atoms with Crippen LogP contribution in [0, 0.1) is 5.41 Å². The van der Waals surface area contributed by atoms with Crippen LogP contribution in [-0.4, -0.2) is 60.5 Å². The number of likely N-dealkylation sites (tertiary alicyclic amines) is 1. The van der Waals surface area contributed by atoms with Crippen LogP contribution in [0.4, 0.5) is 0 Å². The highest BCUT2D eigenvalue weighted by molar-refractivity contribution is 5.85. The van der Waals surface area contributed by atoms with Crippen molar-refractivity contribution >= 4 is 10.9 Å². The molecule has 0 radical (unpaired) electrons. The molecule has 2 aromatic rings. The van der Waals surface area contributed by atoms with Crippen LogP contribution in [0.25, 0.3) is 10.9 Å². The molecule has 1 aromatic carbocycles. The summed E-state index contributed by atoms with van der Waals surface area (Å²) in [6.07, 6.45) is 3.78. The van der Waals surface area contributed by atoms with E-state index in [1.807, 2.05) is 30.5 Å². The Labute approximate surface area is 136 Å². The molecule has 2 atom stereocenters. The molecule has 2 saturated heterocycles. The maximum Gasteiger partial charge on any atom is 0.128 e. The lowest BCUT2D eigenvalue weighted by Gasteiger charge is -2.24. The second-order valence-electron chi connectivity index (χ2n) is 6.95. The second-order valence-corrected chi connectivity index (χ2v) is 6.95. The van der Waals surface area contributed by atoms with Crippen molar-refractivity contribution in [1.82, 2.24) is 9.88 Å². The molecule has 0 saturated carbocycles. The van der Waals surface area contributed by atoms with Gasteiger partial charge in [0.05, 0.1) is 6.61 Å². The Kier molecular flexibility index (Phi) is 4.01. The van der Waals surface area contributed by atoms with Crippen molar-refractivity contribution in [3.8, 4) is 5.75 Å². The summed E-state index contributed by atoms with van der Waals surface area (Å²) in [5.41, 5.74) is 1.40. The number of nitrogens with zero attached hydrogens (tertiary/aromatic N) is 1. The molecule has 0 amide bonds. The van der Waals surface area contributed by atoms with Crippen molar-refractivity contribution in [2.75, 3.05) is 39.5 Å². The van der Waals surface area contributed by atoms with Crippen LogP contribution in [0.2, 0.25) is 0 Å². The minimum Gasteiger partial charge on any atom is -0.490 e. The molecule has 5 heteroatoms. The zero-order chi connectivity index (χ0) is 15.7. The van der Waals surface area contributed by atoms with Gasteiger partial charge in [-0.15, -0.1) is 0 Å². The summed E-state index contributed by atoms with van der Waals surface area (Å²) in [6.45, 7) is 4.85. The van der Waals surface area contributed by atoms with E-state index in [1.54, 1.807) is 0 Å². The molecule has 0 bridgehead atoms. The van der Waals surface area contributed by atoms with E-state index in [0.29, 0.717) is 18.6 Å². The number of ether oxygens (including phenoxy) is 2. The average molecular weight is 316 g/mol. The predicted octanol–water partition coefficient (Wildman–Crippen LogP) is 2.02. The summed E-state index contributed by atoms with van der Waals surface area (Å²) in [4.78, 5) is 5.52. The van der Waals surface area contributed by atoms with Crippen LogP contribution in [-0.2, 0) is 4.74 Å². The number of aliphatic hydroxyl groups excluding tert-OH is 1. The van der Waals surface area contributed by atoms with Gasteiger partial charge in [0.2, 0.25) is 0 Å². The highest BCUT2D eigenvalue weighted by atomic mass is 16.5. The van der Waals surface area contributed by atoms with Gasteiger partial charge < -0.3 is 19.6 Å². The van der Waals surface area contributed by atoms with E-state index in [9.17, 15) is 5.11 Å². The first-order chi connectivity index (χ1) is 11.2. The molecule has 3 heterocycles. The van der Waals surface area contributed by atoms with Crippen LogP contribution >= 0.6 is 0 Å². The van der Waals surface area contributed by atoms with E-state index in [1.165, 1.54) is 6.42 Å². The normalized spacial score (nSPS) is 26.3. The summed E-state index contributed by atoms with van der Waals surface area (Å²) in [5, 5.41) is 11.4. The van der Waals surface area contributed by atoms with Crippen LogP contribution in [0.15, 0.2) is 30.5 Å². The number of aliphatic hydroxyl groups is 1. The Morgan fingerprint density at radius 1 is 1.35 bits per heavy atom. The quantitative estimate of drug-likeness (QED) is 0.886. The third-order valence-corrected chi connectivity index (χ3v) is 5.16. The number of benzene rings is 1. The number of hydrogen-bond acceptors (Lipinski definition) is 4. The number of fused-ring (bicyclic) bond motifs is 1. The van der Waals surface area contributed by atoms with Gasteiger partial charge >= 0.3 is 0 Å². The molecule has 2 fully saturated rings. The van der Waals surface area contributed by atoms with Crippen LogP contribution < -0.4 is 4.74 Å². The summed E-state index contributed by atoms with van der Waals surface area (Å²) >= 11 is 0. The Bertz CT molecular complexity index is 663. The van der Waals surface area contributed by atoms with E-state index in [4.69, 9.17) is 9.47 Å². The third-order valence-electron chi connectivity index (χ3n) is 5.16. The zero-order valence-electron chi connectivity index (χ0n) is 13.3. The molecule has 4 rings (SSSR count). The van der Waals surface area contributed by atoms with Gasteiger partial charge in [-0.2, -0.15) is 0 Å².